The van der Waals surface area contributed by atoms with Gasteiger partial charge in [0.25, 0.3) is 0 Å². The molecule has 24 heavy (non-hydrogen) atoms. The third-order valence-corrected chi connectivity index (χ3v) is 5.38. The van der Waals surface area contributed by atoms with Crippen molar-refractivity contribution in [3.63, 3.8) is 0 Å². The Morgan fingerprint density at radius 2 is 1.83 bits per heavy atom. The number of hydrogen-bond acceptors (Lipinski definition) is 4. The quantitative estimate of drug-likeness (QED) is 0.566. The lowest BCUT2D eigenvalue weighted by molar-refractivity contribution is 0.338. The molecule has 2 aromatic rings. The summed E-state index contributed by atoms with van der Waals surface area (Å²) in [5.74, 6) is 0.389. The summed E-state index contributed by atoms with van der Waals surface area (Å²) in [6.07, 6.45) is 1.00. The van der Waals surface area contributed by atoms with Crippen molar-refractivity contribution in [3.05, 3.63) is 65.2 Å². The van der Waals surface area contributed by atoms with Crippen LogP contribution < -0.4 is 0 Å². The number of nitrogens with zero attached hydrogens (tertiary/aromatic N) is 1. The number of rotatable bonds is 6. The second-order valence-electron chi connectivity index (χ2n) is 5.91. The van der Waals surface area contributed by atoms with Crippen LogP contribution in [-0.4, -0.2) is 14.1 Å². The Labute approximate surface area is 144 Å². The van der Waals surface area contributed by atoms with Crippen molar-refractivity contribution in [3.8, 4) is 0 Å². The topological polar surface area (TPSA) is 55.7 Å². The Hall–Kier alpha value is -2.14. The number of aryl methyl sites for hydroxylation is 1. The zero-order valence-corrected chi connectivity index (χ0v) is 15.3. The fourth-order valence-electron chi connectivity index (χ4n) is 2.37. The fourth-order valence-corrected chi connectivity index (χ4v) is 3.35. The van der Waals surface area contributed by atoms with E-state index in [-0.39, 0.29) is 4.90 Å². The molecule has 0 aliphatic carbocycles. The molecule has 0 aliphatic rings. The SMILES string of the molecule is CCC(C)c1ccc(S(=O)(=O)ON=C(C)c2ccccc2)c(C)c1. The maximum Gasteiger partial charge on any atom is 0.358 e. The van der Waals surface area contributed by atoms with Gasteiger partial charge in [-0.1, -0.05) is 61.5 Å². The van der Waals surface area contributed by atoms with Crippen LogP contribution in [0.15, 0.2) is 58.6 Å². The first-order valence-electron chi connectivity index (χ1n) is 7.99. The first-order valence-corrected chi connectivity index (χ1v) is 9.40. The largest absolute Gasteiger partial charge is 0.358 e. The van der Waals surface area contributed by atoms with Gasteiger partial charge in [0, 0.05) is 0 Å². The lowest BCUT2D eigenvalue weighted by Gasteiger charge is -2.12. The highest BCUT2D eigenvalue weighted by molar-refractivity contribution is 7.86. The molecule has 128 valence electrons. The summed E-state index contributed by atoms with van der Waals surface area (Å²) in [5.41, 5.74) is 3.11. The number of benzene rings is 2. The maximum atomic E-state index is 12.4. The van der Waals surface area contributed by atoms with Gasteiger partial charge in [0.15, 0.2) is 0 Å². The molecule has 0 saturated carbocycles. The van der Waals surface area contributed by atoms with Crippen LogP contribution in [0.5, 0.6) is 0 Å². The van der Waals surface area contributed by atoms with Gasteiger partial charge in [0.1, 0.15) is 4.90 Å². The molecular weight excluding hydrogens is 322 g/mol. The molecule has 2 rings (SSSR count). The number of hydrogen-bond donors (Lipinski definition) is 0. The van der Waals surface area contributed by atoms with E-state index in [0.29, 0.717) is 17.2 Å². The minimum atomic E-state index is -3.93. The third kappa shape index (κ3) is 4.23. The van der Waals surface area contributed by atoms with Crippen LogP contribution in [0.1, 0.15) is 49.8 Å². The Bertz CT molecular complexity index is 827. The van der Waals surface area contributed by atoms with Crippen molar-refractivity contribution in [2.75, 3.05) is 0 Å². The Morgan fingerprint density at radius 1 is 1.17 bits per heavy atom. The van der Waals surface area contributed by atoms with Gasteiger partial charge in [-0.05, 0) is 48.9 Å². The molecule has 0 aromatic heterocycles. The van der Waals surface area contributed by atoms with Crippen molar-refractivity contribution >= 4 is 15.8 Å². The van der Waals surface area contributed by atoms with Crippen LogP contribution in [0.25, 0.3) is 0 Å². The lowest BCUT2D eigenvalue weighted by atomic mass is 9.97. The Morgan fingerprint density at radius 3 is 2.42 bits per heavy atom. The number of oxime groups is 1. The van der Waals surface area contributed by atoms with Crippen LogP contribution in [0, 0.1) is 6.92 Å². The van der Waals surface area contributed by atoms with E-state index in [1.807, 2.05) is 42.5 Å². The van der Waals surface area contributed by atoms with E-state index in [1.54, 1.807) is 19.9 Å². The zero-order valence-electron chi connectivity index (χ0n) is 14.5. The molecule has 2 aromatic carbocycles. The van der Waals surface area contributed by atoms with Gasteiger partial charge in [-0.2, -0.15) is 8.42 Å². The normalized spacial score (nSPS) is 13.6. The summed E-state index contributed by atoms with van der Waals surface area (Å²) < 4.78 is 29.7. The summed E-state index contributed by atoms with van der Waals surface area (Å²) >= 11 is 0. The van der Waals surface area contributed by atoms with Crippen molar-refractivity contribution in [1.29, 1.82) is 0 Å². The van der Waals surface area contributed by atoms with Gasteiger partial charge in [-0.15, -0.1) is 0 Å². The van der Waals surface area contributed by atoms with Crippen LogP contribution in [0.4, 0.5) is 0 Å². The van der Waals surface area contributed by atoms with Crippen molar-refractivity contribution in [2.45, 2.75) is 44.9 Å². The smallest absolute Gasteiger partial charge is 0.264 e. The van der Waals surface area contributed by atoms with Gasteiger partial charge in [0.05, 0.1) is 5.71 Å². The highest BCUT2D eigenvalue weighted by atomic mass is 32.2. The van der Waals surface area contributed by atoms with Gasteiger partial charge in [0.2, 0.25) is 0 Å². The predicted molar refractivity (Wildman–Crippen MR) is 96.8 cm³/mol. The molecule has 0 bridgehead atoms. The van der Waals surface area contributed by atoms with Crippen molar-refractivity contribution in [2.24, 2.45) is 5.16 Å². The van der Waals surface area contributed by atoms with Crippen LogP contribution in [0.3, 0.4) is 0 Å². The lowest BCUT2D eigenvalue weighted by Crippen LogP contribution is -2.07. The second-order valence-corrected chi connectivity index (χ2v) is 7.40. The zero-order chi connectivity index (χ0) is 17.7. The standard InChI is InChI=1S/C19H23NO3S/c1-5-14(2)18-11-12-19(15(3)13-18)24(21,22)23-20-16(4)17-9-7-6-8-10-17/h6-14H,5H2,1-4H3. The van der Waals surface area contributed by atoms with Gasteiger partial charge < -0.3 is 0 Å². The van der Waals surface area contributed by atoms with E-state index in [1.165, 1.54) is 0 Å². The van der Waals surface area contributed by atoms with Crippen molar-refractivity contribution in [1.82, 2.24) is 0 Å². The summed E-state index contributed by atoms with van der Waals surface area (Å²) in [6, 6.07) is 14.6. The fraction of sp³-hybridized carbons (Fsp3) is 0.316. The summed E-state index contributed by atoms with van der Waals surface area (Å²) in [5, 5.41) is 3.79. The van der Waals surface area contributed by atoms with Crippen LogP contribution >= 0.6 is 0 Å². The van der Waals surface area contributed by atoms with E-state index >= 15 is 0 Å². The Kier molecular flexibility index (Phi) is 5.78. The molecule has 0 amide bonds. The molecule has 0 aliphatic heterocycles. The highest BCUT2D eigenvalue weighted by Crippen LogP contribution is 2.25. The molecular formula is C19H23NO3S. The molecule has 0 spiro atoms. The molecule has 0 fully saturated rings. The van der Waals surface area contributed by atoms with E-state index in [9.17, 15) is 8.42 Å². The van der Waals surface area contributed by atoms with Gasteiger partial charge in [-0.3, -0.25) is 4.28 Å². The van der Waals surface area contributed by atoms with E-state index in [0.717, 1.165) is 17.5 Å². The van der Waals surface area contributed by atoms with E-state index in [2.05, 4.69) is 19.0 Å². The monoisotopic (exact) mass is 345 g/mol. The Balaban J connectivity index is 2.25. The van der Waals surface area contributed by atoms with Crippen LogP contribution in [0.2, 0.25) is 0 Å². The molecule has 1 atom stereocenters. The average molecular weight is 345 g/mol. The minimum absolute atomic E-state index is 0.152. The van der Waals surface area contributed by atoms with E-state index < -0.39 is 10.1 Å². The molecule has 0 heterocycles. The molecule has 0 radical (unpaired) electrons. The molecule has 0 N–H and O–H groups in total. The second kappa shape index (κ2) is 7.62. The van der Waals surface area contributed by atoms with Crippen LogP contribution in [-0.2, 0) is 14.4 Å². The molecule has 1 unspecified atom stereocenters. The van der Waals surface area contributed by atoms with Crippen molar-refractivity contribution < 1.29 is 12.7 Å². The highest BCUT2D eigenvalue weighted by Gasteiger charge is 2.20. The first kappa shape index (κ1) is 18.2. The summed E-state index contributed by atoms with van der Waals surface area (Å²) in [4.78, 5) is 0.152. The third-order valence-electron chi connectivity index (χ3n) is 4.11. The van der Waals surface area contributed by atoms with Gasteiger partial charge >= 0.3 is 10.1 Å². The predicted octanol–water partition coefficient (Wildman–Crippen LogP) is 4.64. The van der Waals surface area contributed by atoms with E-state index in [4.69, 9.17) is 4.28 Å². The summed E-state index contributed by atoms with van der Waals surface area (Å²) in [6.45, 7) is 7.71. The molecule has 4 nitrogen and oxygen atoms in total. The summed E-state index contributed by atoms with van der Waals surface area (Å²) in [7, 11) is -3.93. The molecule has 0 saturated heterocycles. The van der Waals surface area contributed by atoms with Gasteiger partial charge in [-0.25, -0.2) is 0 Å². The first-order chi connectivity index (χ1) is 11.3. The minimum Gasteiger partial charge on any atom is -0.264 e. The average Bonchev–Trinajstić information content (AvgIpc) is 2.59. The molecule has 5 heteroatoms. The maximum absolute atomic E-state index is 12.4.